The Morgan fingerprint density at radius 3 is 2.34 bits per heavy atom. The van der Waals surface area contributed by atoms with Crippen LogP contribution in [0.1, 0.15) is 37.0 Å². The highest BCUT2D eigenvalue weighted by Crippen LogP contribution is 2.15. The monoisotopic (exact) mass is 454 g/mol. The lowest BCUT2D eigenvalue weighted by molar-refractivity contribution is -0.123. The molecular formula is C24H30N4O3S. The molecule has 1 atom stereocenters. The number of nitrogens with one attached hydrogen (secondary N) is 2. The third-order valence-corrected chi connectivity index (χ3v) is 6.60. The van der Waals surface area contributed by atoms with Crippen molar-refractivity contribution in [3.8, 4) is 0 Å². The van der Waals surface area contributed by atoms with Crippen LogP contribution < -0.4 is 10.0 Å². The lowest BCUT2D eigenvalue weighted by atomic mass is 10.0. The van der Waals surface area contributed by atoms with Gasteiger partial charge in [0, 0.05) is 18.9 Å². The van der Waals surface area contributed by atoms with Crippen molar-refractivity contribution < 1.29 is 13.2 Å². The van der Waals surface area contributed by atoms with Crippen LogP contribution in [-0.4, -0.2) is 30.1 Å². The van der Waals surface area contributed by atoms with Gasteiger partial charge in [-0.25, -0.2) is 8.42 Å². The Kier molecular flexibility index (Phi) is 7.82. The van der Waals surface area contributed by atoms with E-state index in [1.54, 1.807) is 30.5 Å². The van der Waals surface area contributed by atoms with E-state index >= 15 is 0 Å². The van der Waals surface area contributed by atoms with Gasteiger partial charge in [-0.2, -0.15) is 9.82 Å². The topological polar surface area (TPSA) is 93.1 Å². The summed E-state index contributed by atoms with van der Waals surface area (Å²) in [5, 5.41) is 7.15. The Labute approximate surface area is 189 Å². The number of hydrogen-bond donors (Lipinski definition) is 2. The van der Waals surface area contributed by atoms with Crippen LogP contribution in [-0.2, 0) is 27.9 Å². The van der Waals surface area contributed by atoms with E-state index in [1.807, 2.05) is 62.0 Å². The molecule has 7 nitrogen and oxygen atoms in total. The van der Waals surface area contributed by atoms with E-state index in [1.165, 1.54) is 0 Å². The molecule has 0 aliphatic carbocycles. The van der Waals surface area contributed by atoms with E-state index in [0.29, 0.717) is 19.5 Å². The van der Waals surface area contributed by atoms with Crippen LogP contribution in [0.25, 0.3) is 0 Å². The summed E-state index contributed by atoms with van der Waals surface area (Å²) in [4.78, 5) is 13.1. The van der Waals surface area contributed by atoms with Crippen molar-refractivity contribution >= 4 is 15.9 Å². The van der Waals surface area contributed by atoms with Gasteiger partial charge in [-0.1, -0.05) is 55.8 Å². The zero-order valence-corrected chi connectivity index (χ0v) is 19.5. The summed E-state index contributed by atoms with van der Waals surface area (Å²) in [7, 11) is -3.81. The smallest absolute Gasteiger partial charge is 0.241 e. The fourth-order valence-corrected chi connectivity index (χ4v) is 4.62. The normalized spacial score (nSPS) is 12.6. The second kappa shape index (κ2) is 10.6. The Morgan fingerprint density at radius 2 is 1.72 bits per heavy atom. The van der Waals surface area contributed by atoms with E-state index in [-0.39, 0.29) is 16.7 Å². The minimum Gasteiger partial charge on any atom is -0.351 e. The molecule has 1 heterocycles. The van der Waals surface area contributed by atoms with E-state index in [4.69, 9.17) is 0 Å². The summed E-state index contributed by atoms with van der Waals surface area (Å²) >= 11 is 0. The van der Waals surface area contributed by atoms with Crippen molar-refractivity contribution in [2.45, 2.75) is 51.2 Å². The highest BCUT2D eigenvalue weighted by Gasteiger charge is 2.26. The standard InChI is InChI=1S/C24H30N4O3S/c1-18(2)15-23(27-32(30,31)22-11-9-19(3)10-12-22)24(29)25-16-20-7-4-5-8-21(20)17-28-14-6-13-26-28/h4-14,18,23,27H,15-17H2,1-3H3,(H,25,29). The highest BCUT2D eigenvalue weighted by molar-refractivity contribution is 7.89. The number of aromatic nitrogens is 2. The van der Waals surface area contributed by atoms with Crippen LogP contribution in [0.4, 0.5) is 0 Å². The lowest BCUT2D eigenvalue weighted by Crippen LogP contribution is -2.47. The molecule has 170 valence electrons. The number of carbonyl (C=O) groups is 1. The largest absolute Gasteiger partial charge is 0.351 e. The predicted octanol–water partition coefficient (Wildman–Crippen LogP) is 3.25. The number of rotatable bonds is 10. The van der Waals surface area contributed by atoms with Gasteiger partial charge in [-0.3, -0.25) is 9.48 Å². The molecule has 0 saturated heterocycles. The van der Waals surface area contributed by atoms with Crippen LogP contribution in [0, 0.1) is 12.8 Å². The molecule has 0 aliphatic heterocycles. The quantitative estimate of drug-likeness (QED) is 0.492. The summed E-state index contributed by atoms with van der Waals surface area (Å²) < 4.78 is 30.1. The first-order chi connectivity index (χ1) is 15.2. The van der Waals surface area contributed by atoms with Crippen LogP contribution in [0.2, 0.25) is 0 Å². The van der Waals surface area contributed by atoms with Crippen molar-refractivity contribution in [2.24, 2.45) is 5.92 Å². The molecule has 0 saturated carbocycles. The third-order valence-electron chi connectivity index (χ3n) is 5.12. The van der Waals surface area contributed by atoms with Gasteiger partial charge in [0.25, 0.3) is 0 Å². The SMILES string of the molecule is Cc1ccc(S(=O)(=O)NC(CC(C)C)C(=O)NCc2ccccc2Cn2cccn2)cc1. The van der Waals surface area contributed by atoms with E-state index in [0.717, 1.165) is 16.7 Å². The second-order valence-electron chi connectivity index (χ2n) is 8.31. The Hall–Kier alpha value is -2.97. The summed E-state index contributed by atoms with van der Waals surface area (Å²) in [6.45, 7) is 6.70. The maximum Gasteiger partial charge on any atom is 0.241 e. The van der Waals surface area contributed by atoms with Crippen molar-refractivity contribution in [3.05, 3.63) is 83.7 Å². The second-order valence-corrected chi connectivity index (χ2v) is 10.0. The van der Waals surface area contributed by atoms with Gasteiger partial charge in [-0.05, 0) is 48.6 Å². The zero-order valence-electron chi connectivity index (χ0n) is 18.7. The number of aryl methyl sites for hydroxylation is 1. The number of nitrogens with zero attached hydrogens (tertiary/aromatic N) is 2. The van der Waals surface area contributed by atoms with Crippen LogP contribution in [0.5, 0.6) is 0 Å². The van der Waals surface area contributed by atoms with E-state index in [2.05, 4.69) is 15.1 Å². The Bertz CT molecular complexity index is 1120. The molecule has 3 rings (SSSR count). The summed E-state index contributed by atoms with van der Waals surface area (Å²) in [5.74, 6) is -0.207. The molecular weight excluding hydrogens is 424 g/mol. The first-order valence-corrected chi connectivity index (χ1v) is 12.1. The van der Waals surface area contributed by atoms with Gasteiger partial charge >= 0.3 is 0 Å². The van der Waals surface area contributed by atoms with Gasteiger partial charge in [0.15, 0.2) is 0 Å². The number of hydrogen-bond acceptors (Lipinski definition) is 4. The molecule has 32 heavy (non-hydrogen) atoms. The first-order valence-electron chi connectivity index (χ1n) is 10.7. The molecule has 1 amide bonds. The molecule has 3 aromatic rings. The Balaban J connectivity index is 1.71. The molecule has 8 heteroatoms. The molecule has 0 bridgehead atoms. The zero-order chi connectivity index (χ0) is 23.1. The van der Waals surface area contributed by atoms with Gasteiger partial charge in [0.1, 0.15) is 6.04 Å². The summed E-state index contributed by atoms with van der Waals surface area (Å²) in [6, 6.07) is 15.4. The van der Waals surface area contributed by atoms with Gasteiger partial charge in [-0.15, -0.1) is 0 Å². The third kappa shape index (κ3) is 6.51. The summed E-state index contributed by atoms with van der Waals surface area (Å²) in [6.07, 6.45) is 4.00. The minimum absolute atomic E-state index is 0.138. The average molecular weight is 455 g/mol. The number of amides is 1. The molecule has 0 radical (unpaired) electrons. The fourth-order valence-electron chi connectivity index (χ4n) is 3.41. The molecule has 0 aliphatic rings. The molecule has 2 N–H and O–H groups in total. The van der Waals surface area contributed by atoms with Crippen molar-refractivity contribution in [1.82, 2.24) is 19.8 Å². The molecule has 1 aromatic heterocycles. The van der Waals surface area contributed by atoms with Crippen molar-refractivity contribution in [2.75, 3.05) is 0 Å². The molecule has 0 fully saturated rings. The Morgan fingerprint density at radius 1 is 1.03 bits per heavy atom. The highest BCUT2D eigenvalue weighted by atomic mass is 32.2. The van der Waals surface area contributed by atoms with Gasteiger partial charge < -0.3 is 5.32 Å². The number of benzene rings is 2. The lowest BCUT2D eigenvalue weighted by Gasteiger charge is -2.21. The van der Waals surface area contributed by atoms with Gasteiger partial charge in [0.05, 0.1) is 11.4 Å². The van der Waals surface area contributed by atoms with Gasteiger partial charge in [0.2, 0.25) is 15.9 Å². The van der Waals surface area contributed by atoms with E-state index in [9.17, 15) is 13.2 Å². The maximum absolute atomic E-state index is 13.0. The number of carbonyl (C=O) groups excluding carboxylic acids is 1. The number of sulfonamides is 1. The van der Waals surface area contributed by atoms with Crippen LogP contribution >= 0.6 is 0 Å². The fraction of sp³-hybridized carbons (Fsp3) is 0.333. The average Bonchev–Trinajstić information content (AvgIpc) is 3.25. The minimum atomic E-state index is -3.81. The molecule has 1 unspecified atom stereocenters. The van der Waals surface area contributed by atoms with Crippen LogP contribution in [0.3, 0.4) is 0 Å². The van der Waals surface area contributed by atoms with Crippen molar-refractivity contribution in [3.63, 3.8) is 0 Å². The van der Waals surface area contributed by atoms with E-state index < -0.39 is 16.1 Å². The van der Waals surface area contributed by atoms with Crippen molar-refractivity contribution in [1.29, 1.82) is 0 Å². The first kappa shape index (κ1) is 23.7. The van der Waals surface area contributed by atoms with Crippen LogP contribution in [0.15, 0.2) is 71.9 Å². The molecule has 2 aromatic carbocycles. The maximum atomic E-state index is 13.0. The summed E-state index contributed by atoms with van der Waals surface area (Å²) in [5.41, 5.74) is 2.97. The molecule has 0 spiro atoms. The predicted molar refractivity (Wildman–Crippen MR) is 124 cm³/mol.